The van der Waals surface area contributed by atoms with E-state index in [1.807, 2.05) is 0 Å². The lowest BCUT2D eigenvalue weighted by atomic mass is 10.1. The third-order valence-corrected chi connectivity index (χ3v) is 3.28. The summed E-state index contributed by atoms with van der Waals surface area (Å²) >= 11 is 5.77. The molecule has 1 aromatic carbocycles. The highest BCUT2D eigenvalue weighted by molar-refractivity contribution is 6.30. The van der Waals surface area contributed by atoms with Gasteiger partial charge in [-0.05, 0) is 32.9 Å². The first kappa shape index (κ1) is 16.4. The van der Waals surface area contributed by atoms with Gasteiger partial charge in [0.1, 0.15) is 11.3 Å². The number of nitrogens with one attached hydrogen (secondary N) is 1. The van der Waals surface area contributed by atoms with Crippen molar-refractivity contribution in [1.29, 1.82) is 0 Å². The fourth-order valence-electron chi connectivity index (χ4n) is 2.04. The first-order valence-electron chi connectivity index (χ1n) is 6.84. The van der Waals surface area contributed by atoms with E-state index in [0.29, 0.717) is 23.8 Å². The number of anilines is 1. The molecule has 22 heavy (non-hydrogen) atoms. The lowest BCUT2D eigenvalue weighted by Gasteiger charge is -2.40. The number of ether oxygens (including phenoxy) is 1. The number of nitro groups is 1. The van der Waals surface area contributed by atoms with Crippen LogP contribution in [0.4, 0.5) is 16.2 Å². The number of halogens is 1. The van der Waals surface area contributed by atoms with Crippen LogP contribution in [0.2, 0.25) is 5.02 Å². The van der Waals surface area contributed by atoms with Crippen LogP contribution in [0, 0.1) is 10.1 Å². The number of nitro benzene ring substituents is 1. The summed E-state index contributed by atoms with van der Waals surface area (Å²) in [4.78, 5) is 23.9. The van der Waals surface area contributed by atoms with Crippen LogP contribution in [0.1, 0.15) is 20.8 Å². The number of benzene rings is 1. The van der Waals surface area contributed by atoms with Gasteiger partial charge in [-0.25, -0.2) is 4.79 Å². The molecule has 1 heterocycles. The summed E-state index contributed by atoms with van der Waals surface area (Å²) in [6.45, 7) is 6.29. The number of carbonyl (C=O) groups is 1. The number of hydrogen-bond acceptors (Lipinski definition) is 5. The second-order valence-electron chi connectivity index (χ2n) is 6.15. The van der Waals surface area contributed by atoms with E-state index in [1.165, 1.54) is 6.07 Å². The van der Waals surface area contributed by atoms with Crippen LogP contribution in [-0.2, 0) is 4.74 Å². The van der Waals surface area contributed by atoms with Crippen LogP contribution in [0.25, 0.3) is 0 Å². The minimum atomic E-state index is -0.537. The number of rotatable bonds is 3. The molecule has 0 unspecified atom stereocenters. The van der Waals surface area contributed by atoms with Crippen molar-refractivity contribution in [3.63, 3.8) is 0 Å². The Balaban J connectivity index is 1.93. The summed E-state index contributed by atoms with van der Waals surface area (Å²) < 4.78 is 5.25. The third kappa shape index (κ3) is 4.00. The SMILES string of the molecule is CC(C)(C)OC(=O)N1CC(Nc2ccc(Cl)cc2[N+](=O)[O-])C1. The van der Waals surface area contributed by atoms with Gasteiger partial charge in [0.2, 0.25) is 0 Å². The Labute approximate surface area is 133 Å². The minimum Gasteiger partial charge on any atom is -0.444 e. The van der Waals surface area contributed by atoms with Crippen LogP contribution in [0.3, 0.4) is 0 Å². The van der Waals surface area contributed by atoms with Crippen molar-refractivity contribution < 1.29 is 14.5 Å². The van der Waals surface area contributed by atoms with Crippen LogP contribution in [-0.4, -0.2) is 40.6 Å². The molecule has 0 aliphatic carbocycles. The molecule has 1 N–H and O–H groups in total. The average molecular weight is 328 g/mol. The standard InChI is InChI=1S/C14H18ClN3O4/c1-14(2,3)22-13(19)17-7-10(8-17)16-11-5-4-9(15)6-12(11)18(20)21/h4-6,10,16H,7-8H2,1-3H3. The first-order chi connectivity index (χ1) is 10.2. The Morgan fingerprint density at radius 2 is 2.09 bits per heavy atom. The maximum absolute atomic E-state index is 11.8. The fourth-order valence-corrected chi connectivity index (χ4v) is 2.21. The van der Waals surface area contributed by atoms with E-state index in [4.69, 9.17) is 16.3 Å². The quantitative estimate of drug-likeness (QED) is 0.680. The molecule has 7 nitrogen and oxygen atoms in total. The van der Waals surface area contributed by atoms with Crippen molar-refractivity contribution in [3.05, 3.63) is 33.3 Å². The first-order valence-corrected chi connectivity index (χ1v) is 7.22. The van der Waals surface area contributed by atoms with Crippen molar-refractivity contribution >= 4 is 29.1 Å². The lowest BCUT2D eigenvalue weighted by Crippen LogP contribution is -2.57. The monoisotopic (exact) mass is 327 g/mol. The molecule has 1 aliphatic heterocycles. The summed E-state index contributed by atoms with van der Waals surface area (Å²) in [5.41, 5.74) is -0.226. The van der Waals surface area contributed by atoms with E-state index in [0.717, 1.165) is 0 Å². The van der Waals surface area contributed by atoms with Crippen molar-refractivity contribution in [2.45, 2.75) is 32.4 Å². The van der Waals surface area contributed by atoms with Crippen LogP contribution in [0.15, 0.2) is 18.2 Å². The molecule has 0 saturated carbocycles. The number of amides is 1. The van der Waals surface area contributed by atoms with Gasteiger partial charge in [0, 0.05) is 24.2 Å². The van der Waals surface area contributed by atoms with E-state index in [-0.39, 0.29) is 17.8 Å². The topological polar surface area (TPSA) is 84.7 Å². The Kier molecular flexibility index (Phi) is 4.46. The zero-order valence-electron chi connectivity index (χ0n) is 12.6. The average Bonchev–Trinajstić information content (AvgIpc) is 2.31. The lowest BCUT2D eigenvalue weighted by molar-refractivity contribution is -0.384. The second kappa shape index (κ2) is 6.00. The number of likely N-dealkylation sites (tertiary alicyclic amines) is 1. The molecule has 0 radical (unpaired) electrons. The van der Waals surface area contributed by atoms with Crippen molar-refractivity contribution in [1.82, 2.24) is 4.90 Å². The van der Waals surface area contributed by atoms with Gasteiger partial charge in [-0.3, -0.25) is 10.1 Å². The summed E-state index contributed by atoms with van der Waals surface area (Å²) in [6, 6.07) is 4.40. The summed E-state index contributed by atoms with van der Waals surface area (Å²) in [7, 11) is 0. The van der Waals surface area contributed by atoms with E-state index in [1.54, 1.807) is 37.8 Å². The number of hydrogen-bond donors (Lipinski definition) is 1. The summed E-state index contributed by atoms with van der Waals surface area (Å²) in [5, 5.41) is 14.4. The molecule has 1 aromatic rings. The zero-order chi connectivity index (χ0) is 16.5. The van der Waals surface area contributed by atoms with Crippen molar-refractivity contribution in [2.75, 3.05) is 18.4 Å². The molecule has 120 valence electrons. The molecule has 1 saturated heterocycles. The summed E-state index contributed by atoms with van der Waals surface area (Å²) in [5.74, 6) is 0. The molecule has 8 heteroatoms. The van der Waals surface area contributed by atoms with Crippen LogP contribution >= 0.6 is 11.6 Å². The van der Waals surface area contributed by atoms with Gasteiger partial charge < -0.3 is 15.0 Å². The predicted molar refractivity (Wildman–Crippen MR) is 83.3 cm³/mol. The summed E-state index contributed by atoms with van der Waals surface area (Å²) in [6.07, 6.45) is -0.379. The normalized spacial score (nSPS) is 15.2. The Hall–Kier alpha value is -2.02. The molecule has 2 rings (SSSR count). The molecule has 1 amide bonds. The molecule has 1 fully saturated rings. The van der Waals surface area contributed by atoms with E-state index in [2.05, 4.69) is 5.32 Å². The zero-order valence-corrected chi connectivity index (χ0v) is 13.4. The molecule has 0 bridgehead atoms. The van der Waals surface area contributed by atoms with Gasteiger partial charge >= 0.3 is 6.09 Å². The highest BCUT2D eigenvalue weighted by Gasteiger charge is 2.34. The van der Waals surface area contributed by atoms with Gasteiger partial charge in [0.05, 0.1) is 11.0 Å². The van der Waals surface area contributed by atoms with Crippen molar-refractivity contribution in [2.24, 2.45) is 0 Å². The predicted octanol–water partition coefficient (Wildman–Crippen LogP) is 3.28. The molecule has 0 atom stereocenters. The molecular formula is C14H18ClN3O4. The van der Waals surface area contributed by atoms with Crippen LogP contribution < -0.4 is 5.32 Å². The van der Waals surface area contributed by atoms with Gasteiger partial charge in [0.25, 0.3) is 5.69 Å². The molecule has 0 aromatic heterocycles. The number of nitrogens with zero attached hydrogens (tertiary/aromatic N) is 2. The Morgan fingerprint density at radius 1 is 1.45 bits per heavy atom. The fraction of sp³-hybridized carbons (Fsp3) is 0.500. The van der Waals surface area contributed by atoms with E-state index in [9.17, 15) is 14.9 Å². The smallest absolute Gasteiger partial charge is 0.410 e. The van der Waals surface area contributed by atoms with Gasteiger partial charge in [0.15, 0.2) is 0 Å². The van der Waals surface area contributed by atoms with Crippen molar-refractivity contribution in [3.8, 4) is 0 Å². The van der Waals surface area contributed by atoms with E-state index < -0.39 is 10.5 Å². The van der Waals surface area contributed by atoms with Gasteiger partial charge in [-0.2, -0.15) is 0 Å². The highest BCUT2D eigenvalue weighted by atomic mass is 35.5. The molecular weight excluding hydrogens is 310 g/mol. The minimum absolute atomic E-state index is 0.0487. The van der Waals surface area contributed by atoms with Crippen LogP contribution in [0.5, 0.6) is 0 Å². The second-order valence-corrected chi connectivity index (χ2v) is 6.58. The maximum Gasteiger partial charge on any atom is 0.410 e. The molecule has 0 spiro atoms. The maximum atomic E-state index is 11.8. The largest absolute Gasteiger partial charge is 0.444 e. The van der Waals surface area contributed by atoms with Gasteiger partial charge in [-0.1, -0.05) is 11.6 Å². The highest BCUT2D eigenvalue weighted by Crippen LogP contribution is 2.29. The molecule has 1 aliphatic rings. The Morgan fingerprint density at radius 3 is 2.64 bits per heavy atom. The van der Waals surface area contributed by atoms with E-state index >= 15 is 0 Å². The third-order valence-electron chi connectivity index (χ3n) is 3.05. The Bertz CT molecular complexity index is 594. The van der Waals surface area contributed by atoms with Gasteiger partial charge in [-0.15, -0.1) is 0 Å². The number of carbonyl (C=O) groups excluding carboxylic acids is 1.